The molecule has 2 N–H and O–H groups in total. The highest BCUT2D eigenvalue weighted by Crippen LogP contribution is 2.10. The van der Waals surface area contributed by atoms with E-state index in [1.807, 2.05) is 23.9 Å². The quantitative estimate of drug-likeness (QED) is 0.849. The van der Waals surface area contributed by atoms with Crippen molar-refractivity contribution in [2.45, 2.75) is 25.8 Å². The van der Waals surface area contributed by atoms with Crippen molar-refractivity contribution in [1.82, 2.24) is 9.78 Å². The Morgan fingerprint density at radius 1 is 1.31 bits per heavy atom. The molecule has 1 aromatic carbocycles. The Morgan fingerprint density at radius 3 is 2.62 bits per heavy atom. The Kier molecular flexibility index (Phi) is 3.37. The lowest BCUT2D eigenvalue weighted by atomic mass is 10.1. The van der Waals surface area contributed by atoms with Crippen LogP contribution in [0, 0.1) is 0 Å². The molecule has 0 bridgehead atoms. The number of nitrogens with zero attached hydrogens (tertiary/aromatic N) is 2. The molecule has 1 heterocycles. The van der Waals surface area contributed by atoms with Crippen LogP contribution in [0.15, 0.2) is 42.7 Å². The van der Waals surface area contributed by atoms with Crippen LogP contribution in [0.5, 0.6) is 0 Å². The molecular weight excluding hydrogens is 198 g/mol. The van der Waals surface area contributed by atoms with Crippen LogP contribution in [0.25, 0.3) is 5.69 Å². The van der Waals surface area contributed by atoms with Crippen molar-refractivity contribution < 1.29 is 0 Å². The van der Waals surface area contributed by atoms with Crippen LogP contribution in [-0.2, 0) is 6.42 Å². The fourth-order valence-corrected chi connectivity index (χ4v) is 1.63. The van der Waals surface area contributed by atoms with Crippen LogP contribution in [0.1, 0.15) is 18.9 Å². The van der Waals surface area contributed by atoms with Crippen molar-refractivity contribution in [3.8, 4) is 5.69 Å². The van der Waals surface area contributed by atoms with Gasteiger partial charge in [-0.05, 0) is 43.5 Å². The first-order valence-corrected chi connectivity index (χ1v) is 5.60. The smallest absolute Gasteiger partial charge is 0.0645 e. The van der Waals surface area contributed by atoms with E-state index in [4.69, 9.17) is 5.73 Å². The summed E-state index contributed by atoms with van der Waals surface area (Å²) in [5.41, 5.74) is 8.15. The molecule has 0 amide bonds. The molecule has 84 valence electrons. The second-order valence-corrected chi connectivity index (χ2v) is 4.13. The van der Waals surface area contributed by atoms with Gasteiger partial charge >= 0.3 is 0 Å². The van der Waals surface area contributed by atoms with Gasteiger partial charge in [-0.15, -0.1) is 0 Å². The molecule has 0 aliphatic carbocycles. The average molecular weight is 215 g/mol. The first-order chi connectivity index (χ1) is 7.75. The summed E-state index contributed by atoms with van der Waals surface area (Å²) < 4.78 is 1.86. The molecule has 1 aromatic heterocycles. The van der Waals surface area contributed by atoms with Gasteiger partial charge < -0.3 is 5.73 Å². The number of benzene rings is 1. The summed E-state index contributed by atoms with van der Waals surface area (Å²) in [6, 6.07) is 10.6. The van der Waals surface area contributed by atoms with Crippen molar-refractivity contribution in [3.63, 3.8) is 0 Å². The number of nitrogens with two attached hydrogens (primary N) is 1. The normalized spacial score (nSPS) is 12.6. The summed E-state index contributed by atoms with van der Waals surface area (Å²) in [5.74, 6) is 0. The highest BCUT2D eigenvalue weighted by molar-refractivity contribution is 5.33. The fourth-order valence-electron chi connectivity index (χ4n) is 1.63. The fraction of sp³-hybridized carbons (Fsp3) is 0.308. The van der Waals surface area contributed by atoms with Gasteiger partial charge in [-0.3, -0.25) is 0 Å². The topological polar surface area (TPSA) is 43.8 Å². The first-order valence-electron chi connectivity index (χ1n) is 5.60. The van der Waals surface area contributed by atoms with Crippen molar-refractivity contribution in [1.29, 1.82) is 0 Å². The van der Waals surface area contributed by atoms with E-state index in [-0.39, 0.29) is 6.04 Å². The predicted octanol–water partition coefficient (Wildman–Crippen LogP) is 2.15. The van der Waals surface area contributed by atoms with Crippen molar-refractivity contribution in [3.05, 3.63) is 48.3 Å². The summed E-state index contributed by atoms with van der Waals surface area (Å²) in [4.78, 5) is 0. The predicted molar refractivity (Wildman–Crippen MR) is 65.5 cm³/mol. The van der Waals surface area contributed by atoms with Crippen molar-refractivity contribution >= 4 is 0 Å². The lowest BCUT2D eigenvalue weighted by molar-refractivity contribution is 0.666. The number of hydrogen-bond acceptors (Lipinski definition) is 2. The minimum absolute atomic E-state index is 0.269. The van der Waals surface area contributed by atoms with E-state index in [0.717, 1.165) is 18.5 Å². The molecule has 0 spiro atoms. The minimum atomic E-state index is 0.269. The third kappa shape index (κ3) is 2.70. The monoisotopic (exact) mass is 215 g/mol. The second kappa shape index (κ2) is 4.94. The van der Waals surface area contributed by atoms with Gasteiger partial charge in [0.15, 0.2) is 0 Å². The third-order valence-electron chi connectivity index (χ3n) is 2.59. The van der Waals surface area contributed by atoms with Crippen LogP contribution in [0.3, 0.4) is 0 Å². The van der Waals surface area contributed by atoms with E-state index in [1.165, 1.54) is 5.56 Å². The van der Waals surface area contributed by atoms with Crippen LogP contribution in [0.4, 0.5) is 0 Å². The van der Waals surface area contributed by atoms with Gasteiger partial charge in [0.25, 0.3) is 0 Å². The molecule has 16 heavy (non-hydrogen) atoms. The average Bonchev–Trinajstić information content (AvgIpc) is 2.80. The van der Waals surface area contributed by atoms with E-state index in [2.05, 4.69) is 29.4 Å². The molecule has 3 heteroatoms. The largest absolute Gasteiger partial charge is 0.328 e. The first kappa shape index (κ1) is 10.9. The third-order valence-corrected chi connectivity index (χ3v) is 2.59. The lowest BCUT2D eigenvalue weighted by Crippen LogP contribution is -2.15. The molecule has 1 unspecified atom stereocenters. The van der Waals surface area contributed by atoms with Gasteiger partial charge in [-0.1, -0.05) is 12.1 Å². The highest BCUT2D eigenvalue weighted by atomic mass is 15.3. The minimum Gasteiger partial charge on any atom is -0.328 e. The Hall–Kier alpha value is -1.61. The maximum absolute atomic E-state index is 5.73. The molecular formula is C13H17N3. The Balaban J connectivity index is 2.05. The van der Waals surface area contributed by atoms with E-state index >= 15 is 0 Å². The van der Waals surface area contributed by atoms with Gasteiger partial charge in [0.1, 0.15) is 0 Å². The zero-order valence-electron chi connectivity index (χ0n) is 9.50. The summed E-state index contributed by atoms with van der Waals surface area (Å²) in [6.07, 6.45) is 5.79. The summed E-state index contributed by atoms with van der Waals surface area (Å²) in [7, 11) is 0. The molecule has 2 rings (SSSR count). The molecule has 0 radical (unpaired) electrons. The van der Waals surface area contributed by atoms with E-state index in [9.17, 15) is 0 Å². The van der Waals surface area contributed by atoms with Crippen LogP contribution in [-0.4, -0.2) is 15.8 Å². The maximum atomic E-state index is 5.73. The molecule has 0 saturated heterocycles. The molecule has 0 fully saturated rings. The van der Waals surface area contributed by atoms with Gasteiger partial charge in [0, 0.05) is 18.4 Å². The highest BCUT2D eigenvalue weighted by Gasteiger charge is 1.99. The number of aryl methyl sites for hydroxylation is 1. The van der Waals surface area contributed by atoms with Gasteiger partial charge in [-0.2, -0.15) is 5.10 Å². The second-order valence-electron chi connectivity index (χ2n) is 4.13. The van der Waals surface area contributed by atoms with E-state index in [1.54, 1.807) is 6.20 Å². The Bertz CT molecular complexity index is 415. The molecule has 2 aromatic rings. The number of aromatic nitrogens is 2. The van der Waals surface area contributed by atoms with Gasteiger partial charge in [0.2, 0.25) is 0 Å². The Morgan fingerprint density at radius 2 is 2.06 bits per heavy atom. The lowest BCUT2D eigenvalue weighted by Gasteiger charge is -2.06. The molecule has 1 atom stereocenters. The van der Waals surface area contributed by atoms with E-state index in [0.29, 0.717) is 0 Å². The number of rotatable bonds is 4. The van der Waals surface area contributed by atoms with Crippen LogP contribution in [0.2, 0.25) is 0 Å². The summed E-state index contributed by atoms with van der Waals surface area (Å²) in [5, 5.41) is 4.19. The van der Waals surface area contributed by atoms with Crippen LogP contribution < -0.4 is 5.73 Å². The van der Waals surface area contributed by atoms with Crippen LogP contribution >= 0.6 is 0 Å². The maximum Gasteiger partial charge on any atom is 0.0645 e. The molecule has 3 nitrogen and oxygen atoms in total. The SMILES string of the molecule is CC(N)CCc1ccc(-n2cccn2)cc1. The van der Waals surface area contributed by atoms with Crippen molar-refractivity contribution in [2.24, 2.45) is 5.73 Å². The number of hydrogen-bond donors (Lipinski definition) is 1. The Labute approximate surface area is 95.9 Å². The zero-order valence-corrected chi connectivity index (χ0v) is 9.50. The van der Waals surface area contributed by atoms with E-state index < -0.39 is 0 Å². The molecule has 0 saturated carbocycles. The van der Waals surface area contributed by atoms with Crippen molar-refractivity contribution in [2.75, 3.05) is 0 Å². The summed E-state index contributed by atoms with van der Waals surface area (Å²) >= 11 is 0. The zero-order chi connectivity index (χ0) is 11.4. The molecule has 0 aliphatic rings. The molecule has 0 aliphatic heterocycles. The van der Waals surface area contributed by atoms with Gasteiger partial charge in [0.05, 0.1) is 5.69 Å². The standard InChI is InChI=1S/C13H17N3/c1-11(14)3-4-12-5-7-13(8-6-12)16-10-2-9-15-16/h2,5-11H,3-4,14H2,1H3. The summed E-state index contributed by atoms with van der Waals surface area (Å²) in [6.45, 7) is 2.04. The van der Waals surface area contributed by atoms with Gasteiger partial charge in [-0.25, -0.2) is 4.68 Å².